The summed E-state index contributed by atoms with van der Waals surface area (Å²) >= 11 is 0. The van der Waals surface area contributed by atoms with Crippen LogP contribution in [0.2, 0.25) is 0 Å². The lowest BCUT2D eigenvalue weighted by atomic mass is 9.87. The van der Waals surface area contributed by atoms with E-state index in [0.717, 1.165) is 62.4 Å². The van der Waals surface area contributed by atoms with Gasteiger partial charge in [-0.1, -0.05) is 525 Å². The zero-order chi connectivity index (χ0) is 94.3. The van der Waals surface area contributed by atoms with Crippen LogP contribution in [0.4, 0.5) is 0 Å². The Morgan fingerprint density at radius 3 is 0.664 bits per heavy atom. The molecule has 680 valence electrons. The standard InChI is InChI=1S/2C22H20.C19H15N.C18H18.C15H13N.10C3H8/c1-3-16-17(4-2)22-18-10-6-5-9-15(18)13-14-21(22)20-12-8-7-11-19(16)20;1-3-16-17(4-2)21-14-13-15-9-5-6-10-18(15)22(21)20-12-8-7-11-19(16)20;1-2-17-16-12-11-13-7-3-4-8-14(13)19(16)15-9-5-6-10-18(15)20-17;1-3-13-14(4-2)16-10-6-8-12-18(16)17-11-7-5-9-15(13)17;1-2-14-12-8-4-3-7-11(12)13-9-5-6-10-15(13)16-14;10*1-3-2/h2*5-14H,3-4H2,1-2H3;3-12H,2H2,1H3;5-12H,3-4H2,1-2H3;3-10H,2H2,1H3;10*3H2,1-2H3. The van der Waals surface area contributed by atoms with Crippen LogP contribution in [-0.4, -0.2) is 9.97 Å². The maximum Gasteiger partial charge on any atom is 0.0712 e. The molecule has 0 amide bonds. The number of benzene rings is 16. The van der Waals surface area contributed by atoms with Gasteiger partial charge in [-0.2, -0.15) is 0 Å². The fraction of sp³-hybridized carbons (Fsp3) is 0.365. The summed E-state index contributed by atoms with van der Waals surface area (Å²) in [5.74, 6) is 0. The van der Waals surface area contributed by atoms with E-state index in [1.807, 2.05) is 6.07 Å². The number of aromatic nitrogens is 2. The second-order valence-corrected chi connectivity index (χ2v) is 32.8. The lowest BCUT2D eigenvalue weighted by Crippen LogP contribution is -1.96. The first kappa shape index (κ1) is 110. The minimum Gasteiger partial charge on any atom is -0.252 e. The topological polar surface area (TPSA) is 25.8 Å². The van der Waals surface area contributed by atoms with Crippen molar-refractivity contribution in [3.63, 3.8) is 0 Å². The van der Waals surface area contributed by atoms with E-state index in [-0.39, 0.29) is 0 Å². The van der Waals surface area contributed by atoms with Gasteiger partial charge in [0.1, 0.15) is 0 Å². The van der Waals surface area contributed by atoms with Gasteiger partial charge in [0.25, 0.3) is 0 Å². The van der Waals surface area contributed by atoms with Crippen LogP contribution in [-0.2, 0) is 51.4 Å². The van der Waals surface area contributed by atoms with E-state index in [4.69, 9.17) is 9.97 Å². The highest BCUT2D eigenvalue weighted by Crippen LogP contribution is 2.41. The second-order valence-electron chi connectivity index (χ2n) is 32.8. The van der Waals surface area contributed by atoms with Gasteiger partial charge in [-0.15, -0.1) is 0 Å². The average Bonchev–Trinajstić information content (AvgIpc) is 0.740. The van der Waals surface area contributed by atoms with Crippen molar-refractivity contribution < 1.29 is 0 Å². The highest BCUT2D eigenvalue weighted by atomic mass is 14.7. The largest absolute Gasteiger partial charge is 0.252 e. The first-order chi connectivity index (χ1) is 62.5. The summed E-state index contributed by atoms with van der Waals surface area (Å²) < 4.78 is 0. The third kappa shape index (κ3) is 29.4. The summed E-state index contributed by atoms with van der Waals surface area (Å²) in [6.45, 7) is 60.5. The Labute approximate surface area is 778 Å². The number of aryl methyl sites for hydroxylation is 8. The van der Waals surface area contributed by atoms with Crippen LogP contribution in [0.5, 0.6) is 0 Å². The minimum absolute atomic E-state index is 0.958. The fourth-order valence-corrected chi connectivity index (χ4v) is 16.2. The van der Waals surface area contributed by atoms with Gasteiger partial charge in [0, 0.05) is 38.3 Å². The first-order valence-electron chi connectivity index (χ1n) is 50.0. The van der Waals surface area contributed by atoms with Crippen LogP contribution < -0.4 is 0 Å². The number of hydrogen-bond donors (Lipinski definition) is 0. The summed E-state index contributed by atoms with van der Waals surface area (Å²) in [5.41, 5.74) is 13.7. The van der Waals surface area contributed by atoms with E-state index in [1.165, 1.54) is 238 Å². The van der Waals surface area contributed by atoms with Crippen molar-refractivity contribution in [3.8, 4) is 0 Å². The number of nitrogens with zero attached hydrogens (tertiary/aromatic N) is 2. The van der Waals surface area contributed by atoms with E-state index in [0.29, 0.717) is 0 Å². The lowest BCUT2D eigenvalue weighted by molar-refractivity contribution is 1.07. The van der Waals surface area contributed by atoms with Crippen LogP contribution >= 0.6 is 0 Å². The molecule has 0 bridgehead atoms. The fourth-order valence-electron chi connectivity index (χ4n) is 16.2. The summed E-state index contributed by atoms with van der Waals surface area (Å²) in [4.78, 5) is 9.55. The summed E-state index contributed by atoms with van der Waals surface area (Å²) in [6.07, 6.45) is 21.0. The van der Waals surface area contributed by atoms with Crippen molar-refractivity contribution in [2.45, 2.75) is 309 Å². The molecule has 16 aromatic carbocycles. The lowest BCUT2D eigenvalue weighted by Gasteiger charge is -2.17. The Hall–Kier alpha value is -10.8. The quantitative estimate of drug-likeness (QED) is 0.142. The van der Waals surface area contributed by atoms with Crippen LogP contribution in [0.15, 0.2) is 279 Å². The Bertz CT molecular complexity index is 6070. The molecule has 0 aliphatic heterocycles. The molecule has 2 heteroatoms. The molecule has 0 aliphatic rings. The third-order valence-electron chi connectivity index (χ3n) is 20.6. The molecule has 18 rings (SSSR count). The summed E-state index contributed by atoms with van der Waals surface area (Å²) in [6, 6.07) is 100. The molecule has 2 heterocycles. The molecule has 2 aromatic heterocycles. The van der Waals surface area contributed by atoms with Crippen LogP contribution in [0.3, 0.4) is 0 Å². The molecule has 0 radical (unpaired) electrons. The molecule has 0 N–H and O–H groups in total. The van der Waals surface area contributed by atoms with Crippen molar-refractivity contribution >= 4 is 140 Å². The van der Waals surface area contributed by atoms with Crippen LogP contribution in [0.25, 0.3) is 140 Å². The van der Waals surface area contributed by atoms with Crippen molar-refractivity contribution in [3.05, 3.63) is 324 Å². The monoisotopic (exact) mass is 1710 g/mol. The van der Waals surface area contributed by atoms with Gasteiger partial charge < -0.3 is 0 Å². The Morgan fingerprint density at radius 1 is 0.133 bits per heavy atom. The molecule has 0 fully saturated rings. The number of pyridine rings is 2. The number of fused-ring (bicyclic) bond motifs is 21. The molecule has 0 aliphatic carbocycles. The zero-order valence-electron chi connectivity index (χ0n) is 85.2. The molecule has 0 saturated carbocycles. The van der Waals surface area contributed by atoms with Crippen molar-refractivity contribution in [1.82, 2.24) is 9.97 Å². The molecule has 0 unspecified atom stereocenters. The Balaban J connectivity index is 0.000000311. The van der Waals surface area contributed by atoms with Crippen molar-refractivity contribution in [2.24, 2.45) is 0 Å². The minimum atomic E-state index is 0.958. The van der Waals surface area contributed by atoms with E-state index in [9.17, 15) is 0 Å². The SMILES string of the molecule is CCC.CCC.CCC.CCC.CCC.CCC.CCC.CCC.CCC.CCC.CCc1c(CC)c2c3ccccc3ccc2c2ccccc12.CCc1c(CC)c2ccc3ccccc3c2c2ccccc12.CCc1c(CC)c2ccccc2c2ccccc12.CCc1nc2ccccc2c2c1ccc1ccccc12.CCc1nc2ccccc2c2ccccc12. The number of hydrogen-bond acceptors (Lipinski definition) is 2. The molecule has 128 heavy (non-hydrogen) atoms. The van der Waals surface area contributed by atoms with Gasteiger partial charge in [0.05, 0.1) is 11.0 Å². The third-order valence-corrected chi connectivity index (χ3v) is 20.6. The molecular weight excluding hydrogens is 1540 g/mol. The van der Waals surface area contributed by atoms with Gasteiger partial charge in [-0.25, -0.2) is 0 Å². The summed E-state index contributed by atoms with van der Waals surface area (Å²) in [7, 11) is 0. The van der Waals surface area contributed by atoms with Crippen molar-refractivity contribution in [2.75, 3.05) is 0 Å². The van der Waals surface area contributed by atoms with Gasteiger partial charge >= 0.3 is 0 Å². The maximum atomic E-state index is 4.83. The highest BCUT2D eigenvalue weighted by Gasteiger charge is 2.18. The van der Waals surface area contributed by atoms with Gasteiger partial charge in [-0.3, -0.25) is 9.97 Å². The molecule has 18 aromatic rings. The highest BCUT2D eigenvalue weighted by molar-refractivity contribution is 6.23. The second kappa shape index (κ2) is 62.4. The molecule has 0 saturated heterocycles. The smallest absolute Gasteiger partial charge is 0.0712 e. The zero-order valence-corrected chi connectivity index (χ0v) is 85.2. The number of rotatable bonds is 8. The molecular formula is C126H166N2. The van der Waals surface area contributed by atoms with E-state index in [1.54, 1.807) is 0 Å². The first-order valence-corrected chi connectivity index (χ1v) is 50.0. The summed E-state index contributed by atoms with van der Waals surface area (Å²) in [5, 5.41) is 32.7. The van der Waals surface area contributed by atoms with Crippen molar-refractivity contribution in [1.29, 1.82) is 0 Å². The molecule has 0 atom stereocenters. The van der Waals surface area contributed by atoms with E-state index in [2.05, 4.69) is 467 Å². The Morgan fingerprint density at radius 2 is 0.328 bits per heavy atom. The van der Waals surface area contributed by atoms with Gasteiger partial charge in [0.15, 0.2) is 0 Å². The maximum absolute atomic E-state index is 4.83. The average molecular weight is 1710 g/mol. The van der Waals surface area contributed by atoms with Crippen LogP contribution in [0.1, 0.15) is 303 Å². The number of para-hydroxylation sites is 2. The van der Waals surface area contributed by atoms with E-state index < -0.39 is 0 Å². The van der Waals surface area contributed by atoms with Crippen LogP contribution in [0, 0.1) is 0 Å². The van der Waals surface area contributed by atoms with Gasteiger partial charge in [-0.05, 0) is 199 Å². The van der Waals surface area contributed by atoms with Gasteiger partial charge in [0.2, 0.25) is 0 Å². The van der Waals surface area contributed by atoms with E-state index >= 15 is 0 Å². The Kier molecular flexibility index (Phi) is 53.4. The normalized spacial score (nSPS) is 10.1. The predicted octanol–water partition coefficient (Wildman–Crippen LogP) is 40.9. The predicted molar refractivity (Wildman–Crippen MR) is 590 cm³/mol. The molecule has 0 spiro atoms. The molecule has 2 nitrogen and oxygen atoms in total.